The molecule has 1 aromatic carbocycles. The number of carbonyl (C=O) groups excluding carboxylic acids is 1. The van der Waals surface area contributed by atoms with Gasteiger partial charge in [0.05, 0.1) is 4.92 Å². The van der Waals surface area contributed by atoms with Gasteiger partial charge in [0, 0.05) is 17.9 Å². The molecule has 0 unspecified atom stereocenters. The molecule has 0 radical (unpaired) electrons. The first-order valence-electron chi connectivity index (χ1n) is 4.23. The molecule has 0 atom stereocenters. The van der Waals surface area contributed by atoms with Crippen LogP contribution >= 0.6 is 0 Å². The van der Waals surface area contributed by atoms with E-state index in [1.165, 1.54) is 13.0 Å². The molecule has 0 aromatic heterocycles. The maximum atomic E-state index is 11.3. The van der Waals surface area contributed by atoms with E-state index in [2.05, 4.69) is 0 Å². The quantitative estimate of drug-likeness (QED) is 0.451. The van der Waals surface area contributed by atoms with Gasteiger partial charge >= 0.3 is 0 Å². The zero-order valence-electron chi connectivity index (χ0n) is 8.63. The van der Waals surface area contributed by atoms with Gasteiger partial charge in [0.2, 0.25) is 0 Å². The van der Waals surface area contributed by atoms with Crippen molar-refractivity contribution in [2.24, 2.45) is 0 Å². The van der Waals surface area contributed by atoms with Gasteiger partial charge in [-0.15, -0.1) is 0 Å². The van der Waals surface area contributed by atoms with Gasteiger partial charge in [-0.05, 0) is 19.1 Å². The molecule has 0 aliphatic rings. The smallest absolute Gasteiger partial charge is 0.288 e. The molecular formula is C9H9NO5S. The van der Waals surface area contributed by atoms with Crippen LogP contribution in [-0.4, -0.2) is 25.4 Å². The van der Waals surface area contributed by atoms with Crippen molar-refractivity contribution in [3.63, 3.8) is 0 Å². The molecule has 0 N–H and O–H groups in total. The molecular weight excluding hydrogens is 234 g/mol. The zero-order chi connectivity index (χ0) is 12.5. The predicted octanol–water partition coefficient (Wildman–Crippen LogP) is 1.20. The third kappa shape index (κ3) is 2.43. The fourth-order valence-electron chi connectivity index (χ4n) is 1.18. The highest BCUT2D eigenvalue weighted by Crippen LogP contribution is 2.24. The maximum Gasteiger partial charge on any atom is 0.288 e. The van der Waals surface area contributed by atoms with Crippen molar-refractivity contribution in [1.29, 1.82) is 0 Å². The lowest BCUT2D eigenvalue weighted by molar-refractivity contribution is -0.387. The molecule has 0 aliphatic heterocycles. The molecule has 16 heavy (non-hydrogen) atoms. The first-order valence-corrected chi connectivity index (χ1v) is 6.12. The van der Waals surface area contributed by atoms with E-state index in [1.54, 1.807) is 0 Å². The second-order valence-electron chi connectivity index (χ2n) is 3.27. The highest BCUT2D eigenvalue weighted by atomic mass is 32.2. The van der Waals surface area contributed by atoms with Crippen LogP contribution in [0.4, 0.5) is 5.69 Å². The molecule has 0 bridgehead atoms. The van der Waals surface area contributed by atoms with E-state index in [4.69, 9.17) is 0 Å². The average molecular weight is 243 g/mol. The topological polar surface area (TPSA) is 94.3 Å². The number of Topliss-reactive ketones (excluding diaryl/α,β-unsaturated/α-hetero) is 1. The number of ketones is 1. The average Bonchev–Trinajstić information content (AvgIpc) is 2.15. The number of nitro benzene ring substituents is 1. The van der Waals surface area contributed by atoms with Gasteiger partial charge in [-0.1, -0.05) is 0 Å². The van der Waals surface area contributed by atoms with E-state index in [1.807, 2.05) is 0 Å². The lowest BCUT2D eigenvalue weighted by Gasteiger charge is -2.02. The summed E-state index contributed by atoms with van der Waals surface area (Å²) in [5, 5.41) is 10.6. The van der Waals surface area contributed by atoms with Crippen LogP contribution in [0.25, 0.3) is 0 Å². The second kappa shape index (κ2) is 4.01. The van der Waals surface area contributed by atoms with E-state index in [-0.39, 0.29) is 11.3 Å². The molecule has 0 fully saturated rings. The summed E-state index contributed by atoms with van der Waals surface area (Å²) in [6.45, 7) is 1.26. The summed E-state index contributed by atoms with van der Waals surface area (Å²) in [6, 6.07) is 3.28. The first kappa shape index (κ1) is 12.3. The Morgan fingerprint density at radius 1 is 1.38 bits per heavy atom. The van der Waals surface area contributed by atoms with E-state index in [9.17, 15) is 23.3 Å². The summed E-state index contributed by atoms with van der Waals surface area (Å²) < 4.78 is 22.6. The van der Waals surface area contributed by atoms with Crippen LogP contribution in [0.2, 0.25) is 0 Å². The first-order chi connectivity index (χ1) is 7.23. The zero-order valence-corrected chi connectivity index (χ0v) is 9.45. The molecule has 0 aliphatic carbocycles. The Hall–Kier alpha value is -1.76. The van der Waals surface area contributed by atoms with Crippen LogP contribution in [0, 0.1) is 10.1 Å². The van der Waals surface area contributed by atoms with Crippen molar-refractivity contribution < 1.29 is 18.1 Å². The van der Waals surface area contributed by atoms with Crippen molar-refractivity contribution in [2.75, 3.05) is 6.26 Å². The minimum absolute atomic E-state index is 0.131. The molecule has 6 nitrogen and oxygen atoms in total. The van der Waals surface area contributed by atoms with Crippen LogP contribution in [0.5, 0.6) is 0 Å². The number of nitro groups is 1. The fourth-order valence-corrected chi connectivity index (χ4v) is 2.04. The highest BCUT2D eigenvalue weighted by Gasteiger charge is 2.22. The van der Waals surface area contributed by atoms with Crippen LogP contribution in [0.3, 0.4) is 0 Å². The fraction of sp³-hybridized carbons (Fsp3) is 0.222. The van der Waals surface area contributed by atoms with E-state index in [0.29, 0.717) is 0 Å². The van der Waals surface area contributed by atoms with Gasteiger partial charge in [-0.2, -0.15) is 0 Å². The Balaban J connectivity index is 3.58. The largest absolute Gasteiger partial charge is 0.295 e. The summed E-state index contributed by atoms with van der Waals surface area (Å²) in [6.07, 6.45) is 0.860. The molecule has 7 heteroatoms. The number of hydrogen-bond acceptors (Lipinski definition) is 5. The Labute approximate surface area is 92.0 Å². The van der Waals surface area contributed by atoms with Crippen LogP contribution in [-0.2, 0) is 9.84 Å². The lowest BCUT2D eigenvalue weighted by atomic mass is 10.1. The van der Waals surface area contributed by atoms with Gasteiger partial charge in [0.25, 0.3) is 5.69 Å². The number of benzene rings is 1. The Morgan fingerprint density at radius 2 is 1.94 bits per heavy atom. The van der Waals surface area contributed by atoms with Gasteiger partial charge in [-0.3, -0.25) is 14.9 Å². The molecule has 0 amide bonds. The molecule has 0 spiro atoms. The third-order valence-electron chi connectivity index (χ3n) is 1.96. The summed E-state index contributed by atoms with van der Waals surface area (Å²) in [5.41, 5.74) is -0.390. The summed E-state index contributed by atoms with van der Waals surface area (Å²) in [5.74, 6) is -0.347. The minimum Gasteiger partial charge on any atom is -0.295 e. The Bertz CT molecular complexity index is 561. The highest BCUT2D eigenvalue weighted by molar-refractivity contribution is 7.90. The van der Waals surface area contributed by atoms with Crippen LogP contribution in [0.1, 0.15) is 17.3 Å². The summed E-state index contributed by atoms with van der Waals surface area (Å²) >= 11 is 0. The summed E-state index contributed by atoms with van der Waals surface area (Å²) in [4.78, 5) is 20.4. The standard InChI is InChI=1S/C9H9NO5S/c1-6(11)7-3-4-8(10(12)13)9(5-7)16(2,14)15/h3-5H,1-2H3. The molecule has 1 aromatic rings. The number of nitrogens with zero attached hydrogens (tertiary/aromatic N) is 1. The number of hydrogen-bond donors (Lipinski definition) is 0. The molecule has 0 heterocycles. The second-order valence-corrected chi connectivity index (χ2v) is 5.25. The molecule has 86 valence electrons. The van der Waals surface area contributed by atoms with Gasteiger partial charge in [0.1, 0.15) is 4.90 Å². The van der Waals surface area contributed by atoms with Gasteiger partial charge in [-0.25, -0.2) is 8.42 Å². The van der Waals surface area contributed by atoms with E-state index < -0.39 is 25.3 Å². The third-order valence-corrected chi connectivity index (χ3v) is 3.09. The monoisotopic (exact) mass is 243 g/mol. The number of rotatable bonds is 3. The van der Waals surface area contributed by atoms with Crippen LogP contribution < -0.4 is 0 Å². The van der Waals surface area contributed by atoms with Gasteiger partial charge in [0.15, 0.2) is 15.6 Å². The molecule has 0 saturated carbocycles. The number of carbonyl (C=O) groups is 1. The van der Waals surface area contributed by atoms with Crippen LogP contribution in [0.15, 0.2) is 23.1 Å². The molecule has 0 saturated heterocycles. The van der Waals surface area contributed by atoms with Crippen molar-refractivity contribution in [1.82, 2.24) is 0 Å². The molecule has 1 rings (SSSR count). The Morgan fingerprint density at radius 3 is 2.31 bits per heavy atom. The minimum atomic E-state index is -3.73. The lowest BCUT2D eigenvalue weighted by Crippen LogP contribution is -2.05. The van der Waals surface area contributed by atoms with Gasteiger partial charge < -0.3 is 0 Å². The predicted molar refractivity (Wildman–Crippen MR) is 56.2 cm³/mol. The normalized spacial score (nSPS) is 11.1. The maximum absolute atomic E-state index is 11.3. The summed E-state index contributed by atoms with van der Waals surface area (Å²) in [7, 11) is -3.73. The van der Waals surface area contributed by atoms with Crippen molar-refractivity contribution in [2.45, 2.75) is 11.8 Å². The van der Waals surface area contributed by atoms with Crippen molar-refractivity contribution in [3.8, 4) is 0 Å². The SMILES string of the molecule is CC(=O)c1ccc([N+](=O)[O-])c(S(C)(=O)=O)c1. The Kier molecular flexibility index (Phi) is 3.09. The van der Waals surface area contributed by atoms with Crippen molar-refractivity contribution in [3.05, 3.63) is 33.9 Å². The number of sulfone groups is 1. The van der Waals surface area contributed by atoms with Crippen molar-refractivity contribution >= 4 is 21.3 Å². The van der Waals surface area contributed by atoms with E-state index in [0.717, 1.165) is 18.4 Å². The van der Waals surface area contributed by atoms with E-state index >= 15 is 0 Å².